The summed E-state index contributed by atoms with van der Waals surface area (Å²) in [7, 11) is 0. The molecule has 5 nitrogen and oxygen atoms in total. The number of aryl methyl sites for hydroxylation is 1. The van der Waals surface area contributed by atoms with Gasteiger partial charge in [0.25, 0.3) is 11.8 Å². The molecule has 0 bridgehead atoms. The quantitative estimate of drug-likeness (QED) is 0.426. The van der Waals surface area contributed by atoms with Crippen LogP contribution in [0, 0.1) is 11.7 Å². The highest BCUT2D eigenvalue weighted by Gasteiger charge is 2.28. The Morgan fingerprint density at radius 1 is 1.12 bits per heavy atom. The predicted octanol–water partition coefficient (Wildman–Crippen LogP) is 5.88. The van der Waals surface area contributed by atoms with Crippen molar-refractivity contribution in [3.63, 3.8) is 0 Å². The van der Waals surface area contributed by atoms with Gasteiger partial charge in [-0.3, -0.25) is 9.59 Å². The fourth-order valence-corrected chi connectivity index (χ4v) is 5.53. The van der Waals surface area contributed by atoms with Crippen LogP contribution < -0.4 is 10.6 Å². The number of aromatic nitrogens is 1. The summed E-state index contributed by atoms with van der Waals surface area (Å²) < 4.78 is 19.0. The van der Waals surface area contributed by atoms with E-state index < -0.39 is 5.82 Å². The van der Waals surface area contributed by atoms with Crippen molar-refractivity contribution in [2.45, 2.75) is 45.1 Å². The highest BCUT2D eigenvalue weighted by atomic mass is 35.5. The van der Waals surface area contributed by atoms with Crippen LogP contribution in [0.15, 0.2) is 48.5 Å². The Hall–Kier alpha value is -2.77. The van der Waals surface area contributed by atoms with Crippen LogP contribution >= 0.6 is 23.1 Å². The molecule has 1 aliphatic rings. The first-order chi connectivity index (χ1) is 16.5. The van der Waals surface area contributed by atoms with E-state index in [1.807, 2.05) is 25.1 Å². The van der Waals surface area contributed by atoms with Gasteiger partial charge in [0, 0.05) is 23.0 Å². The number of nitrogens with zero attached hydrogens (tertiary/aromatic N) is 1. The number of benzene rings is 2. The van der Waals surface area contributed by atoms with Gasteiger partial charge in [0.2, 0.25) is 0 Å². The molecule has 1 aliphatic carbocycles. The molecule has 0 saturated heterocycles. The minimum atomic E-state index is -0.499. The summed E-state index contributed by atoms with van der Waals surface area (Å²) in [6.45, 7) is 2.51. The van der Waals surface area contributed by atoms with Crippen LogP contribution in [0.25, 0.3) is 11.3 Å². The molecule has 2 N–H and O–H groups in total. The SMILES string of the molecule is CCc1snc(-c2c(F)cccc2Cl)c1C(=O)NC1CCCC(CNC(=O)c2ccccc2)C1. The molecule has 34 heavy (non-hydrogen) atoms. The average Bonchev–Trinajstić information content (AvgIpc) is 3.27. The molecule has 3 aromatic rings. The Morgan fingerprint density at radius 3 is 2.65 bits per heavy atom. The van der Waals surface area contributed by atoms with Crippen molar-refractivity contribution >= 4 is 34.9 Å². The lowest BCUT2D eigenvalue weighted by Crippen LogP contribution is -2.41. The van der Waals surface area contributed by atoms with Crippen LogP contribution in [-0.4, -0.2) is 28.8 Å². The average molecular weight is 500 g/mol. The molecule has 2 unspecified atom stereocenters. The summed E-state index contributed by atoms with van der Waals surface area (Å²) in [5, 5.41) is 6.39. The van der Waals surface area contributed by atoms with E-state index >= 15 is 0 Å². The van der Waals surface area contributed by atoms with Crippen LogP contribution in [0.5, 0.6) is 0 Å². The van der Waals surface area contributed by atoms with E-state index in [2.05, 4.69) is 15.0 Å². The monoisotopic (exact) mass is 499 g/mol. The Labute approximate surface area is 207 Å². The zero-order chi connectivity index (χ0) is 24.1. The number of amides is 2. The van der Waals surface area contributed by atoms with Gasteiger partial charge in [-0.2, -0.15) is 4.37 Å². The van der Waals surface area contributed by atoms with Crippen LogP contribution in [0.3, 0.4) is 0 Å². The number of hydrogen-bond donors (Lipinski definition) is 2. The van der Waals surface area contributed by atoms with Crippen LogP contribution in [-0.2, 0) is 6.42 Å². The van der Waals surface area contributed by atoms with E-state index in [1.165, 1.54) is 23.7 Å². The summed E-state index contributed by atoms with van der Waals surface area (Å²) >= 11 is 7.47. The van der Waals surface area contributed by atoms with Crippen LogP contribution in [0.1, 0.15) is 58.2 Å². The van der Waals surface area contributed by atoms with Gasteiger partial charge in [-0.15, -0.1) is 0 Å². The fraction of sp³-hybridized carbons (Fsp3) is 0.346. The van der Waals surface area contributed by atoms with Crippen molar-refractivity contribution in [1.29, 1.82) is 0 Å². The normalized spacial score (nSPS) is 17.9. The number of nitrogens with one attached hydrogen (secondary N) is 2. The minimum absolute atomic E-state index is 0.0200. The highest BCUT2D eigenvalue weighted by molar-refractivity contribution is 7.06. The molecule has 178 valence electrons. The van der Waals surface area contributed by atoms with Gasteiger partial charge in [-0.25, -0.2) is 4.39 Å². The zero-order valence-electron chi connectivity index (χ0n) is 18.9. The second kappa shape index (κ2) is 11.1. The minimum Gasteiger partial charge on any atom is -0.352 e. The Balaban J connectivity index is 1.44. The predicted molar refractivity (Wildman–Crippen MR) is 134 cm³/mol. The smallest absolute Gasteiger partial charge is 0.254 e. The highest BCUT2D eigenvalue weighted by Crippen LogP contribution is 2.35. The number of carbonyl (C=O) groups excluding carboxylic acids is 2. The van der Waals surface area contributed by atoms with Gasteiger partial charge in [0.1, 0.15) is 11.5 Å². The third kappa shape index (κ3) is 5.47. The van der Waals surface area contributed by atoms with Gasteiger partial charge in [-0.05, 0) is 67.4 Å². The number of halogens is 2. The summed E-state index contributed by atoms with van der Waals surface area (Å²) in [6.07, 6.45) is 4.22. The molecule has 4 rings (SSSR count). The fourth-order valence-electron chi connectivity index (χ4n) is 4.49. The third-order valence-electron chi connectivity index (χ3n) is 6.22. The van der Waals surface area contributed by atoms with E-state index in [0.29, 0.717) is 29.8 Å². The van der Waals surface area contributed by atoms with E-state index in [9.17, 15) is 14.0 Å². The number of hydrogen-bond acceptors (Lipinski definition) is 4. The van der Waals surface area contributed by atoms with Crippen molar-refractivity contribution in [2.24, 2.45) is 5.92 Å². The van der Waals surface area contributed by atoms with E-state index in [4.69, 9.17) is 11.6 Å². The number of rotatable bonds is 7. The summed E-state index contributed by atoms with van der Waals surface area (Å²) in [5.41, 5.74) is 1.50. The first kappa shape index (κ1) is 24.4. The van der Waals surface area contributed by atoms with E-state index in [-0.39, 0.29) is 34.4 Å². The van der Waals surface area contributed by atoms with Crippen molar-refractivity contribution < 1.29 is 14.0 Å². The number of carbonyl (C=O) groups is 2. The molecule has 1 aromatic heterocycles. The molecular weight excluding hydrogens is 473 g/mol. The van der Waals surface area contributed by atoms with Crippen LogP contribution in [0.4, 0.5) is 4.39 Å². The molecule has 8 heteroatoms. The molecule has 2 atom stereocenters. The first-order valence-electron chi connectivity index (χ1n) is 11.5. The van der Waals surface area contributed by atoms with Gasteiger partial charge in [0.15, 0.2) is 0 Å². The Bertz CT molecular complexity index is 1150. The second-order valence-electron chi connectivity index (χ2n) is 8.56. The molecular formula is C26H27ClFN3O2S. The summed E-state index contributed by atoms with van der Waals surface area (Å²) in [6, 6.07) is 13.6. The molecule has 0 spiro atoms. The lowest BCUT2D eigenvalue weighted by Gasteiger charge is -2.30. The largest absolute Gasteiger partial charge is 0.352 e. The van der Waals surface area contributed by atoms with E-state index in [0.717, 1.165) is 30.6 Å². The van der Waals surface area contributed by atoms with Crippen molar-refractivity contribution in [2.75, 3.05) is 6.54 Å². The van der Waals surface area contributed by atoms with Gasteiger partial charge in [-0.1, -0.05) is 49.2 Å². The van der Waals surface area contributed by atoms with Crippen molar-refractivity contribution in [1.82, 2.24) is 15.0 Å². The molecule has 2 amide bonds. The zero-order valence-corrected chi connectivity index (χ0v) is 20.5. The van der Waals surface area contributed by atoms with Gasteiger partial charge < -0.3 is 10.6 Å². The molecule has 1 heterocycles. The molecule has 2 aromatic carbocycles. The summed E-state index contributed by atoms with van der Waals surface area (Å²) in [5.74, 6) is -0.561. The first-order valence-corrected chi connectivity index (χ1v) is 12.7. The maximum absolute atomic E-state index is 14.6. The molecule has 0 aliphatic heterocycles. The molecule has 1 saturated carbocycles. The molecule has 1 fully saturated rings. The van der Waals surface area contributed by atoms with Gasteiger partial charge in [0.05, 0.1) is 16.1 Å². The summed E-state index contributed by atoms with van der Waals surface area (Å²) in [4.78, 5) is 26.5. The van der Waals surface area contributed by atoms with Crippen LogP contribution in [0.2, 0.25) is 5.02 Å². The standard InChI is InChI=1S/C26H27ClFN3O2S/c1-2-21-23(24(31-34-21)22-19(27)12-7-13-20(22)28)26(33)30-18-11-6-8-16(14-18)15-29-25(32)17-9-4-3-5-10-17/h3-5,7,9-10,12-13,16,18H,2,6,8,11,14-15H2,1H3,(H,29,32)(H,30,33). The lowest BCUT2D eigenvalue weighted by molar-refractivity contribution is 0.0901. The van der Waals surface area contributed by atoms with E-state index in [1.54, 1.807) is 18.2 Å². The third-order valence-corrected chi connectivity index (χ3v) is 7.52. The molecule has 0 radical (unpaired) electrons. The Morgan fingerprint density at radius 2 is 1.91 bits per heavy atom. The maximum atomic E-state index is 14.6. The maximum Gasteiger partial charge on any atom is 0.254 e. The topological polar surface area (TPSA) is 71.1 Å². The van der Waals surface area contributed by atoms with Crippen molar-refractivity contribution in [3.8, 4) is 11.3 Å². The Kier molecular flexibility index (Phi) is 7.95. The second-order valence-corrected chi connectivity index (χ2v) is 9.82. The lowest BCUT2D eigenvalue weighted by atomic mass is 9.85. The van der Waals surface area contributed by atoms with Crippen molar-refractivity contribution in [3.05, 3.63) is 75.4 Å². The van der Waals surface area contributed by atoms with Gasteiger partial charge >= 0.3 is 0 Å².